The van der Waals surface area contributed by atoms with Crippen LogP contribution in [-0.4, -0.2) is 36.3 Å². The highest BCUT2D eigenvalue weighted by atomic mass is 16.5. The zero-order chi connectivity index (χ0) is 23.3. The standard InChI is InChI=1S/C28H31NO4/c1-5-32-27(31)29-22-9-7-6-8-20(22)24-23(29)14-21(19-12-10-18(4)11-13-19)28(15-30)16-33-26(17(2)3)25(24)28/h6-13,15,17,21,25-26H,5,14,16H2,1-4H3/t21-,25-,26-,28-/m1/s1. The molecular weight excluding hydrogens is 414 g/mol. The fourth-order valence-electron chi connectivity index (χ4n) is 6.12. The number of para-hydroxylation sites is 1. The Morgan fingerprint density at radius 1 is 1.21 bits per heavy atom. The van der Waals surface area contributed by atoms with Crippen molar-refractivity contribution in [3.05, 3.63) is 70.9 Å². The van der Waals surface area contributed by atoms with E-state index >= 15 is 0 Å². The molecule has 33 heavy (non-hydrogen) atoms. The maximum Gasteiger partial charge on any atom is 0.418 e. The first-order chi connectivity index (χ1) is 15.9. The average molecular weight is 446 g/mol. The minimum Gasteiger partial charge on any atom is -0.449 e. The molecule has 0 N–H and O–H groups in total. The van der Waals surface area contributed by atoms with Crippen molar-refractivity contribution in [2.75, 3.05) is 13.2 Å². The van der Waals surface area contributed by atoms with E-state index in [9.17, 15) is 9.59 Å². The summed E-state index contributed by atoms with van der Waals surface area (Å²) in [5, 5.41) is 1.01. The Balaban J connectivity index is 1.82. The molecule has 0 saturated carbocycles. The Kier molecular flexibility index (Phi) is 5.40. The molecule has 4 atom stereocenters. The molecule has 1 aliphatic carbocycles. The number of benzene rings is 2. The SMILES string of the molecule is CCOC(=O)n1c2c(c3ccccc31)[C@@H]1[C@@H](C(C)C)OC[C@]1(C=O)[C@@H](c1ccc(C)cc1)C2. The molecule has 1 aliphatic heterocycles. The van der Waals surface area contributed by atoms with Gasteiger partial charge in [-0.1, -0.05) is 61.9 Å². The van der Waals surface area contributed by atoms with Gasteiger partial charge in [0.2, 0.25) is 0 Å². The Bertz CT molecular complexity index is 1210. The quantitative estimate of drug-likeness (QED) is 0.489. The van der Waals surface area contributed by atoms with Gasteiger partial charge in [-0.3, -0.25) is 0 Å². The average Bonchev–Trinajstić information content (AvgIpc) is 3.36. The normalized spacial score (nSPS) is 26.3. The van der Waals surface area contributed by atoms with Gasteiger partial charge in [-0.05, 0) is 43.4 Å². The van der Waals surface area contributed by atoms with Crippen LogP contribution in [0, 0.1) is 18.3 Å². The first kappa shape index (κ1) is 21.9. The lowest BCUT2D eigenvalue weighted by molar-refractivity contribution is -0.118. The summed E-state index contributed by atoms with van der Waals surface area (Å²) in [6.45, 7) is 8.87. The van der Waals surface area contributed by atoms with E-state index in [0.717, 1.165) is 34.0 Å². The fourth-order valence-corrected chi connectivity index (χ4v) is 6.12. The van der Waals surface area contributed by atoms with Gasteiger partial charge in [0.15, 0.2) is 0 Å². The monoisotopic (exact) mass is 445 g/mol. The highest BCUT2D eigenvalue weighted by Crippen LogP contribution is 2.60. The Morgan fingerprint density at radius 3 is 2.61 bits per heavy atom. The maximum absolute atomic E-state index is 13.2. The summed E-state index contributed by atoms with van der Waals surface area (Å²) < 4.78 is 13.6. The highest BCUT2D eigenvalue weighted by molar-refractivity contribution is 5.95. The van der Waals surface area contributed by atoms with E-state index in [1.807, 2.05) is 25.1 Å². The molecule has 2 aliphatic rings. The van der Waals surface area contributed by atoms with Crippen molar-refractivity contribution in [1.82, 2.24) is 4.57 Å². The van der Waals surface area contributed by atoms with Crippen LogP contribution in [0.15, 0.2) is 48.5 Å². The number of nitrogens with zero attached hydrogens (tertiary/aromatic N) is 1. The third kappa shape index (κ3) is 3.17. The molecule has 5 heteroatoms. The molecule has 3 aromatic rings. The van der Waals surface area contributed by atoms with Crippen LogP contribution in [0.2, 0.25) is 0 Å². The van der Waals surface area contributed by atoms with Crippen LogP contribution >= 0.6 is 0 Å². The van der Waals surface area contributed by atoms with Crippen molar-refractivity contribution in [3.8, 4) is 0 Å². The van der Waals surface area contributed by atoms with Gasteiger partial charge in [0, 0.05) is 22.9 Å². The van der Waals surface area contributed by atoms with Gasteiger partial charge >= 0.3 is 6.09 Å². The summed E-state index contributed by atoms with van der Waals surface area (Å²) in [5.41, 5.74) is 4.46. The predicted octanol–water partition coefficient (Wildman–Crippen LogP) is 5.62. The van der Waals surface area contributed by atoms with Gasteiger partial charge in [0.05, 0.1) is 30.2 Å². The predicted molar refractivity (Wildman–Crippen MR) is 128 cm³/mol. The van der Waals surface area contributed by atoms with Crippen molar-refractivity contribution in [3.63, 3.8) is 0 Å². The summed E-state index contributed by atoms with van der Waals surface area (Å²) in [5.74, 6) is 0.00566. The van der Waals surface area contributed by atoms with Gasteiger partial charge in [0.25, 0.3) is 0 Å². The lowest BCUT2D eigenvalue weighted by Crippen LogP contribution is -2.44. The zero-order valence-corrected chi connectivity index (χ0v) is 19.7. The Hall–Kier alpha value is -2.92. The number of hydrogen-bond acceptors (Lipinski definition) is 4. The van der Waals surface area contributed by atoms with Crippen molar-refractivity contribution in [1.29, 1.82) is 0 Å². The Labute approximate surface area is 194 Å². The molecule has 2 aromatic carbocycles. The van der Waals surface area contributed by atoms with Gasteiger partial charge in [-0.15, -0.1) is 0 Å². The van der Waals surface area contributed by atoms with Crippen LogP contribution in [0.3, 0.4) is 0 Å². The molecule has 1 saturated heterocycles. The van der Waals surface area contributed by atoms with Crippen LogP contribution in [0.25, 0.3) is 10.9 Å². The molecule has 0 unspecified atom stereocenters. The summed E-state index contributed by atoms with van der Waals surface area (Å²) in [6.07, 6.45) is 1.25. The fraction of sp³-hybridized carbons (Fsp3) is 0.429. The number of carbonyl (C=O) groups excluding carboxylic acids is 2. The minimum atomic E-state index is -0.680. The summed E-state index contributed by atoms with van der Waals surface area (Å²) in [6, 6.07) is 16.4. The third-order valence-electron chi connectivity index (χ3n) is 7.61. The molecule has 1 aromatic heterocycles. The molecule has 0 bridgehead atoms. The molecule has 0 radical (unpaired) electrons. The topological polar surface area (TPSA) is 57.5 Å². The molecule has 5 nitrogen and oxygen atoms in total. The lowest BCUT2D eigenvalue weighted by atomic mass is 9.57. The summed E-state index contributed by atoms with van der Waals surface area (Å²) in [4.78, 5) is 26.2. The number of hydrogen-bond donors (Lipinski definition) is 0. The maximum atomic E-state index is 13.2. The van der Waals surface area contributed by atoms with E-state index in [-0.39, 0.29) is 30.0 Å². The zero-order valence-electron chi connectivity index (χ0n) is 19.7. The van der Waals surface area contributed by atoms with E-state index in [2.05, 4.69) is 51.1 Å². The number of fused-ring (bicyclic) bond motifs is 5. The largest absolute Gasteiger partial charge is 0.449 e. The van der Waals surface area contributed by atoms with E-state index in [1.165, 1.54) is 5.56 Å². The number of aryl methyl sites for hydroxylation is 1. The molecule has 2 heterocycles. The number of aromatic nitrogens is 1. The van der Waals surface area contributed by atoms with Crippen molar-refractivity contribution in [2.45, 2.75) is 52.1 Å². The van der Waals surface area contributed by atoms with Crippen molar-refractivity contribution >= 4 is 23.3 Å². The van der Waals surface area contributed by atoms with Crippen LogP contribution in [0.1, 0.15) is 55.0 Å². The molecule has 0 amide bonds. The van der Waals surface area contributed by atoms with Crippen LogP contribution in [0.4, 0.5) is 4.79 Å². The van der Waals surface area contributed by atoms with Crippen LogP contribution in [-0.2, 0) is 20.7 Å². The molecule has 0 spiro atoms. The first-order valence-electron chi connectivity index (χ1n) is 11.9. The van der Waals surface area contributed by atoms with Gasteiger partial charge < -0.3 is 14.3 Å². The first-order valence-corrected chi connectivity index (χ1v) is 11.9. The molecular formula is C28H31NO4. The second kappa shape index (κ2) is 8.14. The van der Waals surface area contributed by atoms with Gasteiger partial charge in [0.1, 0.15) is 6.29 Å². The van der Waals surface area contributed by atoms with Crippen LogP contribution < -0.4 is 0 Å². The number of rotatable bonds is 4. The minimum absolute atomic E-state index is 0.0886. The summed E-state index contributed by atoms with van der Waals surface area (Å²) in [7, 11) is 0. The van der Waals surface area contributed by atoms with E-state index in [0.29, 0.717) is 19.6 Å². The number of aldehydes is 1. The lowest BCUT2D eigenvalue weighted by Gasteiger charge is -2.43. The van der Waals surface area contributed by atoms with E-state index in [4.69, 9.17) is 9.47 Å². The molecule has 5 rings (SSSR count). The smallest absolute Gasteiger partial charge is 0.418 e. The Morgan fingerprint density at radius 2 is 1.94 bits per heavy atom. The third-order valence-corrected chi connectivity index (χ3v) is 7.61. The summed E-state index contributed by atoms with van der Waals surface area (Å²) >= 11 is 0. The number of carbonyl (C=O) groups is 2. The van der Waals surface area contributed by atoms with Crippen LogP contribution in [0.5, 0.6) is 0 Å². The van der Waals surface area contributed by atoms with Gasteiger partial charge in [-0.25, -0.2) is 9.36 Å². The molecule has 172 valence electrons. The molecule has 1 fully saturated rings. The second-order valence-corrected chi connectivity index (χ2v) is 9.81. The number of ether oxygens (including phenoxy) is 2. The van der Waals surface area contributed by atoms with Crippen molar-refractivity contribution in [2.24, 2.45) is 11.3 Å². The second-order valence-electron chi connectivity index (χ2n) is 9.81. The van der Waals surface area contributed by atoms with E-state index < -0.39 is 5.41 Å². The highest BCUT2D eigenvalue weighted by Gasteiger charge is 2.60. The van der Waals surface area contributed by atoms with Gasteiger partial charge in [-0.2, -0.15) is 0 Å². The van der Waals surface area contributed by atoms with E-state index in [1.54, 1.807) is 4.57 Å². The van der Waals surface area contributed by atoms with Crippen molar-refractivity contribution < 1.29 is 19.1 Å².